The van der Waals surface area contributed by atoms with Gasteiger partial charge in [0.15, 0.2) is 0 Å². The summed E-state index contributed by atoms with van der Waals surface area (Å²) in [4.78, 5) is 13.4. The lowest BCUT2D eigenvalue weighted by molar-refractivity contribution is -0.130. The van der Waals surface area contributed by atoms with Gasteiger partial charge in [0.05, 0.1) is 6.04 Å². The number of hydrogen-bond acceptors (Lipinski definition) is 3. The molecule has 1 saturated heterocycles. The number of amides is 1. The number of carbonyl (C=O) groups is 1. The summed E-state index contributed by atoms with van der Waals surface area (Å²) in [5, 5.41) is 5.16. The number of thiophene rings is 1. The van der Waals surface area contributed by atoms with Crippen molar-refractivity contribution in [1.29, 1.82) is 0 Å². The van der Waals surface area contributed by atoms with Gasteiger partial charge in [0.1, 0.15) is 6.10 Å². The van der Waals surface area contributed by atoms with Gasteiger partial charge in [-0.25, -0.2) is 0 Å². The molecule has 2 aromatic rings. The molecule has 1 amide bonds. The first-order valence-electron chi connectivity index (χ1n) is 6.85. The minimum atomic E-state index is -0.291. The van der Waals surface area contributed by atoms with Crippen molar-refractivity contribution in [3.05, 3.63) is 58.3 Å². The van der Waals surface area contributed by atoms with Crippen LogP contribution in [0.25, 0.3) is 0 Å². The summed E-state index contributed by atoms with van der Waals surface area (Å²) in [6, 6.07) is 14.0. The molecular weight excluding hydrogens is 270 g/mol. The van der Waals surface area contributed by atoms with Crippen LogP contribution in [0.5, 0.6) is 0 Å². The molecule has 1 fully saturated rings. The number of carbonyl (C=O) groups excluding carboxylic acids is 1. The zero-order chi connectivity index (χ0) is 13.8. The standard InChI is InChI=1S/C16H17NO2S/c18-16(13-8-4-10-19-13)17-15(14-9-5-11-20-14)12-6-2-1-3-7-12/h1-3,5-7,9,11,13,15H,4,8,10H2,(H,17,18). The van der Waals surface area contributed by atoms with E-state index in [2.05, 4.69) is 11.4 Å². The lowest BCUT2D eigenvalue weighted by atomic mass is 10.0. The van der Waals surface area contributed by atoms with Gasteiger partial charge in [-0.2, -0.15) is 0 Å². The number of hydrogen-bond donors (Lipinski definition) is 1. The third kappa shape index (κ3) is 2.92. The van der Waals surface area contributed by atoms with Crippen LogP contribution in [-0.2, 0) is 9.53 Å². The Bertz CT molecular complexity index is 547. The van der Waals surface area contributed by atoms with Crippen LogP contribution < -0.4 is 5.32 Å². The monoisotopic (exact) mass is 287 g/mol. The fourth-order valence-electron chi connectivity index (χ4n) is 2.44. The Morgan fingerprint density at radius 3 is 2.75 bits per heavy atom. The number of ether oxygens (including phenoxy) is 1. The largest absolute Gasteiger partial charge is 0.368 e. The molecule has 0 spiro atoms. The molecule has 4 heteroatoms. The molecule has 3 rings (SSSR count). The van der Waals surface area contributed by atoms with Crippen LogP contribution in [0.4, 0.5) is 0 Å². The Morgan fingerprint density at radius 2 is 2.10 bits per heavy atom. The van der Waals surface area contributed by atoms with Crippen molar-refractivity contribution in [2.75, 3.05) is 6.61 Å². The van der Waals surface area contributed by atoms with Gasteiger partial charge in [-0.1, -0.05) is 36.4 Å². The van der Waals surface area contributed by atoms with Crippen molar-refractivity contribution >= 4 is 17.2 Å². The van der Waals surface area contributed by atoms with Crippen LogP contribution in [0.15, 0.2) is 47.8 Å². The lowest BCUT2D eigenvalue weighted by Gasteiger charge is -2.20. The second-order valence-electron chi connectivity index (χ2n) is 4.87. The highest BCUT2D eigenvalue weighted by Crippen LogP contribution is 2.26. The topological polar surface area (TPSA) is 38.3 Å². The summed E-state index contributed by atoms with van der Waals surface area (Å²) >= 11 is 1.65. The van der Waals surface area contributed by atoms with Crippen LogP contribution in [0.1, 0.15) is 29.3 Å². The minimum Gasteiger partial charge on any atom is -0.368 e. The van der Waals surface area contributed by atoms with Gasteiger partial charge >= 0.3 is 0 Å². The quantitative estimate of drug-likeness (QED) is 0.938. The number of benzene rings is 1. The maximum absolute atomic E-state index is 12.3. The number of nitrogens with one attached hydrogen (secondary N) is 1. The van der Waals surface area contributed by atoms with E-state index < -0.39 is 0 Å². The number of rotatable bonds is 4. The van der Waals surface area contributed by atoms with E-state index in [9.17, 15) is 4.79 Å². The molecule has 2 unspecified atom stereocenters. The molecule has 1 aliphatic rings. The van der Waals surface area contributed by atoms with Gasteiger partial charge in [-0.05, 0) is 29.9 Å². The molecule has 104 valence electrons. The minimum absolute atomic E-state index is 0.00949. The molecule has 0 saturated carbocycles. The van der Waals surface area contributed by atoms with Crippen molar-refractivity contribution in [2.45, 2.75) is 25.0 Å². The highest BCUT2D eigenvalue weighted by Gasteiger charge is 2.27. The van der Waals surface area contributed by atoms with E-state index >= 15 is 0 Å². The molecule has 0 radical (unpaired) electrons. The van der Waals surface area contributed by atoms with Gasteiger partial charge in [0.2, 0.25) is 5.91 Å². The molecule has 1 aromatic heterocycles. The smallest absolute Gasteiger partial charge is 0.249 e. The van der Waals surface area contributed by atoms with E-state index in [0.717, 1.165) is 23.3 Å². The molecule has 0 aliphatic carbocycles. The van der Waals surface area contributed by atoms with Crippen LogP contribution >= 0.6 is 11.3 Å². The predicted molar refractivity (Wildman–Crippen MR) is 79.7 cm³/mol. The van der Waals surface area contributed by atoms with Crippen LogP contribution in [-0.4, -0.2) is 18.6 Å². The Morgan fingerprint density at radius 1 is 1.25 bits per heavy atom. The SMILES string of the molecule is O=C(NC(c1ccccc1)c1cccs1)C1CCCO1. The summed E-state index contributed by atoms with van der Waals surface area (Å²) in [7, 11) is 0. The van der Waals surface area contributed by atoms with Crippen molar-refractivity contribution < 1.29 is 9.53 Å². The van der Waals surface area contributed by atoms with Gasteiger partial charge < -0.3 is 10.1 Å². The third-order valence-electron chi connectivity index (χ3n) is 3.47. The fraction of sp³-hybridized carbons (Fsp3) is 0.312. The Kier molecular flexibility index (Phi) is 4.14. The van der Waals surface area contributed by atoms with Gasteiger partial charge in [0, 0.05) is 11.5 Å². The van der Waals surface area contributed by atoms with E-state index in [1.165, 1.54) is 0 Å². The van der Waals surface area contributed by atoms with Crippen LogP contribution in [0.2, 0.25) is 0 Å². The zero-order valence-corrected chi connectivity index (χ0v) is 11.9. The molecule has 2 heterocycles. The predicted octanol–water partition coefficient (Wildman–Crippen LogP) is 3.13. The summed E-state index contributed by atoms with van der Waals surface area (Å²) in [6.07, 6.45) is 1.49. The molecule has 1 aromatic carbocycles. The normalized spacial score (nSPS) is 19.7. The van der Waals surface area contributed by atoms with Crippen LogP contribution in [0, 0.1) is 0 Å². The van der Waals surface area contributed by atoms with Gasteiger partial charge in [-0.15, -0.1) is 11.3 Å². The molecule has 3 nitrogen and oxygen atoms in total. The fourth-order valence-corrected chi connectivity index (χ4v) is 3.24. The first-order chi connectivity index (χ1) is 9.84. The van der Waals surface area contributed by atoms with Gasteiger partial charge in [0.25, 0.3) is 0 Å². The molecular formula is C16H17NO2S. The van der Waals surface area contributed by atoms with E-state index in [0.29, 0.717) is 6.61 Å². The molecule has 2 atom stereocenters. The van der Waals surface area contributed by atoms with E-state index in [-0.39, 0.29) is 18.1 Å². The van der Waals surface area contributed by atoms with E-state index in [4.69, 9.17) is 4.74 Å². The molecule has 20 heavy (non-hydrogen) atoms. The maximum Gasteiger partial charge on any atom is 0.249 e. The van der Waals surface area contributed by atoms with E-state index in [1.807, 2.05) is 41.8 Å². The first-order valence-corrected chi connectivity index (χ1v) is 7.73. The van der Waals surface area contributed by atoms with E-state index in [1.54, 1.807) is 11.3 Å². The average Bonchev–Trinajstić information content (AvgIpc) is 3.18. The second-order valence-corrected chi connectivity index (χ2v) is 5.85. The van der Waals surface area contributed by atoms with Crippen molar-refractivity contribution in [3.63, 3.8) is 0 Å². The maximum atomic E-state index is 12.3. The Labute approximate surface area is 122 Å². The lowest BCUT2D eigenvalue weighted by Crippen LogP contribution is -2.37. The van der Waals surface area contributed by atoms with Crippen molar-refractivity contribution in [2.24, 2.45) is 0 Å². The third-order valence-corrected chi connectivity index (χ3v) is 4.41. The average molecular weight is 287 g/mol. The van der Waals surface area contributed by atoms with Crippen molar-refractivity contribution in [1.82, 2.24) is 5.32 Å². The first kappa shape index (κ1) is 13.3. The molecule has 1 N–H and O–H groups in total. The Hall–Kier alpha value is -1.65. The van der Waals surface area contributed by atoms with Crippen molar-refractivity contribution in [3.8, 4) is 0 Å². The highest BCUT2D eigenvalue weighted by atomic mass is 32.1. The summed E-state index contributed by atoms with van der Waals surface area (Å²) in [5.74, 6) is -0.00949. The molecule has 1 aliphatic heterocycles. The molecule has 0 bridgehead atoms. The van der Waals surface area contributed by atoms with Crippen LogP contribution in [0.3, 0.4) is 0 Å². The zero-order valence-electron chi connectivity index (χ0n) is 11.1. The summed E-state index contributed by atoms with van der Waals surface area (Å²) in [5.41, 5.74) is 1.10. The summed E-state index contributed by atoms with van der Waals surface area (Å²) in [6.45, 7) is 0.688. The van der Waals surface area contributed by atoms with Gasteiger partial charge in [-0.3, -0.25) is 4.79 Å². The second kappa shape index (κ2) is 6.20. The Balaban J connectivity index is 1.81. The highest BCUT2D eigenvalue weighted by molar-refractivity contribution is 7.10. The summed E-state index contributed by atoms with van der Waals surface area (Å²) < 4.78 is 5.46.